The average molecular weight is 286 g/mol. The second-order valence-corrected chi connectivity index (χ2v) is 5.87. The lowest BCUT2D eigenvalue weighted by atomic mass is 9.91. The van der Waals surface area contributed by atoms with Gasteiger partial charge in [-0.1, -0.05) is 26.2 Å². The van der Waals surface area contributed by atoms with E-state index in [-0.39, 0.29) is 25.5 Å². The van der Waals surface area contributed by atoms with E-state index in [1.165, 1.54) is 19.3 Å². The van der Waals surface area contributed by atoms with E-state index in [1.807, 2.05) is 6.92 Å². The zero-order valence-electron chi connectivity index (χ0n) is 12.8. The normalized spacial score (nSPS) is 16.8. The first-order valence-electron chi connectivity index (χ1n) is 7.40. The molecule has 0 saturated heterocycles. The highest BCUT2D eigenvalue weighted by atomic mass is 16.7. The maximum absolute atomic E-state index is 11.7. The Bertz CT molecular complexity index is 318. The number of carbonyl (C=O) groups excluding carboxylic acids is 2. The fourth-order valence-electron chi connectivity index (χ4n) is 1.93. The van der Waals surface area contributed by atoms with Gasteiger partial charge in [-0.2, -0.15) is 0 Å². The van der Waals surface area contributed by atoms with Gasteiger partial charge in [0.25, 0.3) is 0 Å². The van der Waals surface area contributed by atoms with Gasteiger partial charge in [-0.3, -0.25) is 4.79 Å². The third-order valence-corrected chi connectivity index (χ3v) is 3.83. The molecule has 0 aromatic rings. The Balaban J connectivity index is 2.12. The van der Waals surface area contributed by atoms with Gasteiger partial charge in [0.2, 0.25) is 0 Å². The van der Waals surface area contributed by atoms with Crippen molar-refractivity contribution < 1.29 is 23.8 Å². The van der Waals surface area contributed by atoms with Gasteiger partial charge in [0.15, 0.2) is 13.4 Å². The Labute approximate surface area is 121 Å². The summed E-state index contributed by atoms with van der Waals surface area (Å²) in [6, 6.07) is 0. The predicted octanol–water partition coefficient (Wildman–Crippen LogP) is 2.82. The van der Waals surface area contributed by atoms with Crippen LogP contribution in [0.2, 0.25) is 0 Å². The fourth-order valence-corrected chi connectivity index (χ4v) is 1.93. The molecule has 20 heavy (non-hydrogen) atoms. The monoisotopic (exact) mass is 286 g/mol. The molecule has 0 aromatic heterocycles. The largest absolute Gasteiger partial charge is 0.453 e. The van der Waals surface area contributed by atoms with Crippen LogP contribution in [0.25, 0.3) is 0 Å². The first kappa shape index (κ1) is 17.0. The minimum atomic E-state index is -0.571. The summed E-state index contributed by atoms with van der Waals surface area (Å²) >= 11 is 0. The number of ether oxygens (including phenoxy) is 3. The molecule has 0 radical (unpaired) electrons. The van der Waals surface area contributed by atoms with Crippen molar-refractivity contribution in [1.82, 2.24) is 0 Å². The number of carbonyl (C=O) groups is 2. The highest BCUT2D eigenvalue weighted by Crippen LogP contribution is 2.21. The van der Waals surface area contributed by atoms with Crippen LogP contribution in [-0.2, 0) is 23.8 Å². The smallest absolute Gasteiger partial charge is 0.346 e. The Morgan fingerprint density at radius 2 is 1.75 bits per heavy atom. The van der Waals surface area contributed by atoms with Gasteiger partial charge < -0.3 is 14.2 Å². The highest BCUT2D eigenvalue weighted by molar-refractivity contribution is 5.79. The average Bonchev–Trinajstić information content (AvgIpc) is 2.45. The minimum absolute atomic E-state index is 0.0573. The van der Waals surface area contributed by atoms with Crippen LogP contribution in [-0.4, -0.2) is 31.4 Å². The summed E-state index contributed by atoms with van der Waals surface area (Å²) < 4.78 is 15.3. The number of esters is 2. The summed E-state index contributed by atoms with van der Waals surface area (Å²) in [6.07, 6.45) is 6.49. The predicted molar refractivity (Wildman–Crippen MR) is 73.9 cm³/mol. The van der Waals surface area contributed by atoms with Crippen molar-refractivity contribution in [3.8, 4) is 0 Å². The minimum Gasteiger partial charge on any atom is -0.453 e. The van der Waals surface area contributed by atoms with Gasteiger partial charge in [0.05, 0.1) is 11.5 Å². The molecule has 116 valence electrons. The highest BCUT2D eigenvalue weighted by Gasteiger charge is 2.27. The molecule has 0 aliphatic heterocycles. The van der Waals surface area contributed by atoms with Crippen molar-refractivity contribution in [2.24, 2.45) is 5.41 Å². The van der Waals surface area contributed by atoms with Gasteiger partial charge in [-0.05, 0) is 33.1 Å². The Morgan fingerprint density at radius 1 is 1.10 bits per heavy atom. The van der Waals surface area contributed by atoms with Crippen molar-refractivity contribution >= 4 is 11.9 Å². The van der Waals surface area contributed by atoms with Gasteiger partial charge in [-0.15, -0.1) is 0 Å². The molecule has 0 amide bonds. The van der Waals surface area contributed by atoms with Crippen LogP contribution in [0, 0.1) is 5.41 Å². The zero-order valence-corrected chi connectivity index (χ0v) is 12.8. The quantitative estimate of drug-likeness (QED) is 0.532. The van der Waals surface area contributed by atoms with Gasteiger partial charge in [0.1, 0.15) is 0 Å². The molecule has 0 spiro atoms. The lowest BCUT2D eigenvalue weighted by molar-refractivity contribution is -0.174. The van der Waals surface area contributed by atoms with Crippen LogP contribution < -0.4 is 0 Å². The molecule has 1 aliphatic rings. The fraction of sp³-hybridized carbons (Fsp3) is 0.867. The molecule has 0 heterocycles. The van der Waals surface area contributed by atoms with Crippen molar-refractivity contribution in [1.29, 1.82) is 0 Å². The maximum Gasteiger partial charge on any atom is 0.346 e. The van der Waals surface area contributed by atoms with Crippen molar-refractivity contribution in [3.63, 3.8) is 0 Å². The lowest BCUT2D eigenvalue weighted by Crippen LogP contribution is -2.29. The van der Waals surface area contributed by atoms with Crippen LogP contribution in [0.4, 0.5) is 0 Å². The molecule has 1 saturated carbocycles. The van der Waals surface area contributed by atoms with E-state index in [9.17, 15) is 9.59 Å². The first-order valence-corrected chi connectivity index (χ1v) is 7.40. The molecule has 0 unspecified atom stereocenters. The van der Waals surface area contributed by atoms with E-state index in [1.54, 1.807) is 13.8 Å². The van der Waals surface area contributed by atoms with E-state index in [4.69, 9.17) is 14.2 Å². The molecule has 0 aromatic carbocycles. The molecule has 0 bridgehead atoms. The molecule has 1 rings (SSSR count). The van der Waals surface area contributed by atoms with Crippen LogP contribution in [0.5, 0.6) is 0 Å². The van der Waals surface area contributed by atoms with E-state index in [0.29, 0.717) is 6.42 Å². The third-order valence-electron chi connectivity index (χ3n) is 3.83. The SMILES string of the molecule is CCC(C)(C)C(=O)OCC(=O)OCOC1CCCCC1. The van der Waals surface area contributed by atoms with E-state index < -0.39 is 11.4 Å². The van der Waals surface area contributed by atoms with Crippen molar-refractivity contribution in [3.05, 3.63) is 0 Å². The molecule has 5 nitrogen and oxygen atoms in total. The summed E-state index contributed by atoms with van der Waals surface area (Å²) in [5.74, 6) is -0.953. The topological polar surface area (TPSA) is 61.8 Å². The summed E-state index contributed by atoms with van der Waals surface area (Å²) in [5, 5.41) is 0. The van der Waals surface area contributed by atoms with Crippen molar-refractivity contribution in [2.45, 2.75) is 65.4 Å². The van der Waals surface area contributed by atoms with E-state index >= 15 is 0 Å². The summed E-state index contributed by atoms with van der Waals surface area (Å²) in [7, 11) is 0. The van der Waals surface area contributed by atoms with Gasteiger partial charge >= 0.3 is 11.9 Å². The molecular formula is C15H26O5. The standard InChI is InChI=1S/C15H26O5/c1-4-15(2,3)14(17)18-10-13(16)20-11-19-12-8-6-5-7-9-12/h12H,4-11H2,1-3H3. The summed E-state index contributed by atoms with van der Waals surface area (Å²) in [5.41, 5.74) is -0.571. The molecule has 0 N–H and O–H groups in total. The van der Waals surface area contributed by atoms with Crippen LogP contribution in [0.15, 0.2) is 0 Å². The first-order chi connectivity index (χ1) is 9.45. The van der Waals surface area contributed by atoms with Crippen LogP contribution in [0.1, 0.15) is 59.3 Å². The Kier molecular flexibility index (Phi) is 6.99. The van der Waals surface area contributed by atoms with E-state index in [0.717, 1.165) is 12.8 Å². The third kappa shape index (κ3) is 5.90. The molecule has 5 heteroatoms. The van der Waals surface area contributed by atoms with Gasteiger partial charge in [0, 0.05) is 0 Å². The second-order valence-electron chi connectivity index (χ2n) is 5.87. The molecule has 0 atom stereocenters. The maximum atomic E-state index is 11.7. The summed E-state index contributed by atoms with van der Waals surface area (Å²) in [6.45, 7) is 5.06. The van der Waals surface area contributed by atoms with Crippen molar-refractivity contribution in [2.75, 3.05) is 13.4 Å². The molecule has 1 aliphatic carbocycles. The lowest BCUT2D eigenvalue weighted by Gasteiger charge is -2.22. The zero-order chi connectivity index (χ0) is 15.0. The molecular weight excluding hydrogens is 260 g/mol. The number of rotatable bonds is 7. The Morgan fingerprint density at radius 3 is 2.35 bits per heavy atom. The Hall–Kier alpha value is -1.10. The molecule has 1 fully saturated rings. The number of hydrogen-bond donors (Lipinski definition) is 0. The van der Waals surface area contributed by atoms with Gasteiger partial charge in [-0.25, -0.2) is 4.79 Å². The van der Waals surface area contributed by atoms with Crippen LogP contribution in [0.3, 0.4) is 0 Å². The van der Waals surface area contributed by atoms with E-state index in [2.05, 4.69) is 0 Å². The number of hydrogen-bond acceptors (Lipinski definition) is 5. The van der Waals surface area contributed by atoms with Crippen LogP contribution >= 0.6 is 0 Å². The summed E-state index contributed by atoms with van der Waals surface area (Å²) in [4.78, 5) is 23.1. The second kappa shape index (κ2) is 8.25.